The molecule has 0 fully saturated rings. The lowest BCUT2D eigenvalue weighted by molar-refractivity contribution is -0.129. The second-order valence-electron chi connectivity index (χ2n) is 4.89. The summed E-state index contributed by atoms with van der Waals surface area (Å²) in [5, 5.41) is 0. The van der Waals surface area contributed by atoms with Crippen LogP contribution in [0.1, 0.15) is 16.7 Å². The highest BCUT2D eigenvalue weighted by Gasteiger charge is 2.25. The monoisotopic (exact) mass is 293 g/mol. The van der Waals surface area contributed by atoms with Crippen LogP contribution in [0.5, 0.6) is 5.75 Å². The Morgan fingerprint density at radius 1 is 1.09 bits per heavy atom. The Hall–Kier alpha value is -2.88. The normalized spacial score (nSPS) is 15.6. The number of para-hydroxylation sites is 1. The van der Waals surface area contributed by atoms with Gasteiger partial charge in [0.25, 0.3) is 0 Å². The smallest absolute Gasteiger partial charge is 0.363 e. The number of aliphatic imine (C=N–C) groups is 1. The first-order valence-electron chi connectivity index (χ1n) is 6.90. The topological polar surface area (TPSA) is 47.9 Å². The molecule has 0 radical (unpaired) electrons. The van der Waals surface area contributed by atoms with Crippen LogP contribution >= 0.6 is 0 Å². The van der Waals surface area contributed by atoms with Gasteiger partial charge in [0.05, 0.1) is 7.11 Å². The molecule has 0 aliphatic carbocycles. The van der Waals surface area contributed by atoms with Gasteiger partial charge >= 0.3 is 5.97 Å². The minimum Gasteiger partial charge on any atom is -0.496 e. The Labute approximate surface area is 128 Å². The number of hydrogen-bond donors (Lipinski definition) is 0. The molecule has 0 N–H and O–H groups in total. The molecule has 22 heavy (non-hydrogen) atoms. The molecule has 3 rings (SSSR count). The molecular weight excluding hydrogens is 278 g/mol. The molecule has 0 saturated carbocycles. The van der Waals surface area contributed by atoms with Crippen molar-refractivity contribution in [2.24, 2.45) is 4.99 Å². The Kier molecular flexibility index (Phi) is 3.74. The Balaban J connectivity index is 2.00. The van der Waals surface area contributed by atoms with Gasteiger partial charge in [0.2, 0.25) is 5.90 Å². The van der Waals surface area contributed by atoms with Crippen LogP contribution in [0.4, 0.5) is 0 Å². The van der Waals surface area contributed by atoms with E-state index >= 15 is 0 Å². The maximum atomic E-state index is 12.0. The molecule has 0 bridgehead atoms. The summed E-state index contributed by atoms with van der Waals surface area (Å²) in [6.07, 6.45) is 1.67. The SMILES string of the molecule is COc1ccccc1/C=C1/N=C(c2ccccc2C)OC1=O. The van der Waals surface area contributed by atoms with Crippen molar-refractivity contribution < 1.29 is 14.3 Å². The minimum atomic E-state index is -0.454. The third-order valence-electron chi connectivity index (χ3n) is 3.43. The summed E-state index contributed by atoms with van der Waals surface area (Å²) in [7, 11) is 1.59. The first-order chi connectivity index (χ1) is 10.7. The van der Waals surface area contributed by atoms with Gasteiger partial charge in [-0.15, -0.1) is 0 Å². The number of carbonyl (C=O) groups excluding carboxylic acids is 1. The number of esters is 1. The molecule has 0 atom stereocenters. The van der Waals surface area contributed by atoms with Gasteiger partial charge in [0, 0.05) is 11.1 Å². The zero-order chi connectivity index (χ0) is 15.5. The summed E-state index contributed by atoms with van der Waals surface area (Å²) < 4.78 is 10.6. The Morgan fingerprint density at radius 2 is 1.82 bits per heavy atom. The van der Waals surface area contributed by atoms with Crippen molar-refractivity contribution in [3.63, 3.8) is 0 Å². The molecule has 2 aromatic carbocycles. The maximum Gasteiger partial charge on any atom is 0.363 e. The number of aryl methyl sites for hydroxylation is 1. The van der Waals surface area contributed by atoms with Gasteiger partial charge in [-0.25, -0.2) is 9.79 Å². The third-order valence-corrected chi connectivity index (χ3v) is 3.43. The number of methoxy groups -OCH3 is 1. The van der Waals surface area contributed by atoms with Gasteiger partial charge in [-0.3, -0.25) is 0 Å². The molecule has 0 saturated heterocycles. The summed E-state index contributed by atoms with van der Waals surface area (Å²) in [4.78, 5) is 16.3. The van der Waals surface area contributed by atoms with Crippen LogP contribution in [0.15, 0.2) is 59.2 Å². The van der Waals surface area contributed by atoms with Gasteiger partial charge in [-0.2, -0.15) is 0 Å². The number of nitrogens with zero attached hydrogens (tertiary/aromatic N) is 1. The van der Waals surface area contributed by atoms with Crippen LogP contribution in [-0.2, 0) is 9.53 Å². The zero-order valence-electron chi connectivity index (χ0n) is 12.4. The molecule has 110 valence electrons. The van der Waals surface area contributed by atoms with E-state index in [9.17, 15) is 4.79 Å². The van der Waals surface area contributed by atoms with E-state index in [1.165, 1.54) is 0 Å². The lowest BCUT2D eigenvalue weighted by atomic mass is 10.1. The average Bonchev–Trinajstić information content (AvgIpc) is 2.89. The van der Waals surface area contributed by atoms with Crippen LogP contribution in [0.25, 0.3) is 6.08 Å². The van der Waals surface area contributed by atoms with Crippen LogP contribution < -0.4 is 4.74 Å². The molecular formula is C18H15NO3. The Bertz CT molecular complexity index is 790. The van der Waals surface area contributed by atoms with Crippen molar-refractivity contribution in [1.82, 2.24) is 0 Å². The third kappa shape index (κ3) is 2.63. The minimum absolute atomic E-state index is 0.266. The summed E-state index contributed by atoms with van der Waals surface area (Å²) in [5.41, 5.74) is 2.88. The number of benzene rings is 2. The van der Waals surface area contributed by atoms with E-state index in [4.69, 9.17) is 9.47 Å². The standard InChI is InChI=1S/C18H15NO3/c1-12-7-3-5-9-14(12)17-19-15(18(20)22-17)11-13-8-4-6-10-16(13)21-2/h3-11H,1-2H3/b15-11+. The van der Waals surface area contributed by atoms with E-state index in [-0.39, 0.29) is 5.70 Å². The number of rotatable bonds is 3. The van der Waals surface area contributed by atoms with E-state index in [0.717, 1.165) is 16.7 Å². The molecule has 1 heterocycles. The second kappa shape index (κ2) is 5.85. The molecule has 0 aromatic heterocycles. The number of carbonyl (C=O) groups is 1. The lowest BCUT2D eigenvalue weighted by Crippen LogP contribution is -2.06. The first-order valence-corrected chi connectivity index (χ1v) is 6.90. The predicted molar refractivity (Wildman–Crippen MR) is 84.8 cm³/mol. The lowest BCUT2D eigenvalue weighted by Gasteiger charge is -2.03. The van der Waals surface area contributed by atoms with E-state index in [1.54, 1.807) is 13.2 Å². The summed E-state index contributed by atoms with van der Waals surface area (Å²) in [5.74, 6) is 0.566. The first kappa shape index (κ1) is 14.1. The van der Waals surface area contributed by atoms with Crippen molar-refractivity contribution in [3.8, 4) is 5.75 Å². The van der Waals surface area contributed by atoms with Crippen molar-refractivity contribution in [1.29, 1.82) is 0 Å². The fourth-order valence-electron chi connectivity index (χ4n) is 2.27. The van der Waals surface area contributed by atoms with Gasteiger partial charge in [0.1, 0.15) is 5.75 Å². The predicted octanol–water partition coefficient (Wildman–Crippen LogP) is 3.35. The zero-order valence-corrected chi connectivity index (χ0v) is 12.4. The molecule has 2 aromatic rings. The van der Waals surface area contributed by atoms with Crippen molar-refractivity contribution in [2.75, 3.05) is 7.11 Å². The summed E-state index contributed by atoms with van der Waals surface area (Å²) in [6, 6.07) is 15.1. The maximum absolute atomic E-state index is 12.0. The fraction of sp³-hybridized carbons (Fsp3) is 0.111. The molecule has 1 aliphatic rings. The van der Waals surface area contributed by atoms with Crippen molar-refractivity contribution in [3.05, 3.63) is 70.9 Å². The van der Waals surface area contributed by atoms with Crippen molar-refractivity contribution in [2.45, 2.75) is 6.92 Å². The average molecular weight is 293 g/mol. The van der Waals surface area contributed by atoms with Crippen LogP contribution in [0, 0.1) is 6.92 Å². The molecule has 4 nitrogen and oxygen atoms in total. The summed E-state index contributed by atoms with van der Waals surface area (Å²) in [6.45, 7) is 1.95. The van der Waals surface area contributed by atoms with Crippen LogP contribution in [-0.4, -0.2) is 19.0 Å². The van der Waals surface area contributed by atoms with E-state index in [2.05, 4.69) is 4.99 Å². The van der Waals surface area contributed by atoms with Gasteiger partial charge in [-0.05, 0) is 30.7 Å². The van der Waals surface area contributed by atoms with E-state index in [1.807, 2.05) is 55.5 Å². The molecule has 0 unspecified atom stereocenters. The highest BCUT2D eigenvalue weighted by atomic mass is 16.6. The summed E-state index contributed by atoms with van der Waals surface area (Å²) >= 11 is 0. The number of ether oxygens (including phenoxy) is 2. The van der Waals surface area contributed by atoms with Gasteiger partial charge in [0.15, 0.2) is 5.70 Å². The van der Waals surface area contributed by atoms with Gasteiger partial charge in [-0.1, -0.05) is 36.4 Å². The Morgan fingerprint density at radius 3 is 2.59 bits per heavy atom. The van der Waals surface area contributed by atoms with Crippen LogP contribution in [0.3, 0.4) is 0 Å². The number of hydrogen-bond acceptors (Lipinski definition) is 4. The molecule has 0 spiro atoms. The quantitative estimate of drug-likeness (QED) is 0.644. The van der Waals surface area contributed by atoms with Crippen molar-refractivity contribution >= 4 is 17.9 Å². The van der Waals surface area contributed by atoms with E-state index in [0.29, 0.717) is 11.6 Å². The highest BCUT2D eigenvalue weighted by molar-refractivity contribution is 6.13. The van der Waals surface area contributed by atoms with Gasteiger partial charge < -0.3 is 9.47 Å². The van der Waals surface area contributed by atoms with Crippen LogP contribution in [0.2, 0.25) is 0 Å². The largest absolute Gasteiger partial charge is 0.496 e. The second-order valence-corrected chi connectivity index (χ2v) is 4.89. The van der Waals surface area contributed by atoms with E-state index < -0.39 is 5.97 Å². The fourth-order valence-corrected chi connectivity index (χ4v) is 2.27. The highest BCUT2D eigenvalue weighted by Crippen LogP contribution is 2.24. The molecule has 4 heteroatoms. The number of cyclic esters (lactones) is 1. The molecule has 0 amide bonds. The molecule has 1 aliphatic heterocycles.